The van der Waals surface area contributed by atoms with Gasteiger partial charge in [0.25, 0.3) is 0 Å². The van der Waals surface area contributed by atoms with Gasteiger partial charge in [-0.25, -0.2) is 0 Å². The van der Waals surface area contributed by atoms with Crippen LogP contribution in [0.3, 0.4) is 0 Å². The lowest BCUT2D eigenvalue weighted by atomic mass is 9.93. The van der Waals surface area contributed by atoms with Gasteiger partial charge >= 0.3 is 0 Å². The van der Waals surface area contributed by atoms with Crippen molar-refractivity contribution in [3.8, 4) is 0 Å². The Kier molecular flexibility index (Phi) is 4.57. The van der Waals surface area contributed by atoms with Gasteiger partial charge in [-0.3, -0.25) is 0 Å². The molecule has 0 radical (unpaired) electrons. The molecule has 1 aliphatic rings. The first-order chi connectivity index (χ1) is 10.3. The first-order valence-corrected chi connectivity index (χ1v) is 8.23. The average Bonchev–Trinajstić information content (AvgIpc) is 2.55. The van der Waals surface area contributed by atoms with E-state index in [1.807, 2.05) is 0 Å². The molecule has 1 aliphatic heterocycles. The monoisotopic (exact) mass is 282 g/mol. The molecule has 1 heterocycles. The summed E-state index contributed by atoms with van der Waals surface area (Å²) in [5.41, 5.74) is 7.80. The van der Waals surface area contributed by atoms with Crippen LogP contribution in [0.25, 0.3) is 10.8 Å². The van der Waals surface area contributed by atoms with E-state index in [-0.39, 0.29) is 6.04 Å². The molecular formula is C19H26N2. The molecule has 0 aromatic heterocycles. The predicted molar refractivity (Wildman–Crippen MR) is 90.3 cm³/mol. The van der Waals surface area contributed by atoms with Crippen LogP contribution in [0.5, 0.6) is 0 Å². The molecule has 0 bridgehead atoms. The van der Waals surface area contributed by atoms with Crippen molar-refractivity contribution in [3.63, 3.8) is 0 Å². The van der Waals surface area contributed by atoms with Crippen LogP contribution in [0.2, 0.25) is 0 Å². The Bertz CT molecular complexity index is 580. The van der Waals surface area contributed by atoms with Crippen LogP contribution in [0.15, 0.2) is 42.5 Å². The van der Waals surface area contributed by atoms with E-state index in [2.05, 4.69) is 54.3 Å². The van der Waals surface area contributed by atoms with Crippen LogP contribution in [-0.2, 0) is 0 Å². The summed E-state index contributed by atoms with van der Waals surface area (Å²) >= 11 is 0. The molecule has 0 amide bonds. The highest BCUT2D eigenvalue weighted by molar-refractivity contribution is 5.86. The molecule has 0 spiro atoms. The van der Waals surface area contributed by atoms with E-state index in [0.29, 0.717) is 0 Å². The van der Waals surface area contributed by atoms with E-state index in [4.69, 9.17) is 5.73 Å². The number of likely N-dealkylation sites (tertiary alicyclic amines) is 1. The number of benzene rings is 2. The second kappa shape index (κ2) is 6.59. The maximum absolute atomic E-state index is 6.52. The van der Waals surface area contributed by atoms with Crippen LogP contribution >= 0.6 is 0 Å². The molecule has 3 rings (SSSR count). The van der Waals surface area contributed by atoms with Gasteiger partial charge in [-0.15, -0.1) is 0 Å². The van der Waals surface area contributed by atoms with Crippen molar-refractivity contribution in [1.29, 1.82) is 0 Å². The summed E-state index contributed by atoms with van der Waals surface area (Å²) in [6.45, 7) is 5.69. The van der Waals surface area contributed by atoms with E-state index >= 15 is 0 Å². The fourth-order valence-electron chi connectivity index (χ4n) is 3.53. The number of piperidine rings is 1. The molecule has 1 atom stereocenters. The lowest BCUT2D eigenvalue weighted by Gasteiger charge is -2.33. The Morgan fingerprint density at radius 2 is 1.81 bits per heavy atom. The van der Waals surface area contributed by atoms with Crippen LogP contribution in [0.4, 0.5) is 0 Å². The van der Waals surface area contributed by atoms with Gasteiger partial charge in [0.05, 0.1) is 0 Å². The number of fused-ring (bicyclic) bond motifs is 1. The standard InChI is InChI=1S/C19H26N2/c1-2-15-10-12-21(13-11-15)14-19(20)18-9-5-7-16-6-3-4-8-17(16)18/h3-9,15,19H,2,10-14,20H2,1H3. The molecule has 21 heavy (non-hydrogen) atoms. The molecule has 1 fully saturated rings. The fourth-order valence-corrected chi connectivity index (χ4v) is 3.53. The van der Waals surface area contributed by atoms with Gasteiger partial charge in [0.1, 0.15) is 0 Å². The minimum absolute atomic E-state index is 0.106. The SMILES string of the molecule is CCC1CCN(CC(N)c2cccc3ccccc23)CC1. The highest BCUT2D eigenvalue weighted by atomic mass is 15.1. The Labute approximate surface area is 127 Å². The van der Waals surface area contributed by atoms with Crippen molar-refractivity contribution in [3.05, 3.63) is 48.0 Å². The van der Waals surface area contributed by atoms with Gasteiger partial charge in [-0.1, -0.05) is 55.8 Å². The maximum atomic E-state index is 6.52. The number of hydrogen-bond acceptors (Lipinski definition) is 2. The lowest BCUT2D eigenvalue weighted by molar-refractivity contribution is 0.173. The first kappa shape index (κ1) is 14.6. The zero-order valence-electron chi connectivity index (χ0n) is 13.0. The topological polar surface area (TPSA) is 29.3 Å². The number of rotatable bonds is 4. The van der Waals surface area contributed by atoms with E-state index in [9.17, 15) is 0 Å². The highest BCUT2D eigenvalue weighted by Gasteiger charge is 2.20. The van der Waals surface area contributed by atoms with Crippen molar-refractivity contribution in [2.45, 2.75) is 32.2 Å². The van der Waals surface area contributed by atoms with Crippen LogP contribution in [0.1, 0.15) is 37.8 Å². The summed E-state index contributed by atoms with van der Waals surface area (Å²) in [6.07, 6.45) is 3.99. The summed E-state index contributed by atoms with van der Waals surface area (Å²) < 4.78 is 0. The van der Waals surface area contributed by atoms with Crippen LogP contribution < -0.4 is 5.73 Å². The van der Waals surface area contributed by atoms with Gasteiger partial charge in [0, 0.05) is 12.6 Å². The summed E-state index contributed by atoms with van der Waals surface area (Å²) in [5.74, 6) is 0.926. The lowest BCUT2D eigenvalue weighted by Crippen LogP contribution is -2.38. The largest absolute Gasteiger partial charge is 0.323 e. The average molecular weight is 282 g/mol. The minimum Gasteiger partial charge on any atom is -0.323 e. The van der Waals surface area contributed by atoms with Crippen molar-refractivity contribution in [2.24, 2.45) is 11.7 Å². The van der Waals surface area contributed by atoms with E-state index in [1.165, 1.54) is 48.7 Å². The third-order valence-electron chi connectivity index (χ3n) is 4.96. The Morgan fingerprint density at radius 1 is 1.10 bits per heavy atom. The molecule has 112 valence electrons. The smallest absolute Gasteiger partial charge is 0.0430 e. The molecule has 0 aliphatic carbocycles. The first-order valence-electron chi connectivity index (χ1n) is 8.23. The molecule has 2 aromatic rings. The molecule has 2 nitrogen and oxygen atoms in total. The molecule has 0 saturated carbocycles. The Morgan fingerprint density at radius 3 is 2.57 bits per heavy atom. The van der Waals surface area contributed by atoms with Gasteiger partial charge in [-0.2, -0.15) is 0 Å². The van der Waals surface area contributed by atoms with Gasteiger partial charge in [0.2, 0.25) is 0 Å². The third-order valence-corrected chi connectivity index (χ3v) is 4.96. The molecular weight excluding hydrogens is 256 g/mol. The Balaban J connectivity index is 1.71. The summed E-state index contributed by atoms with van der Waals surface area (Å²) in [5, 5.41) is 2.59. The highest BCUT2D eigenvalue weighted by Crippen LogP contribution is 2.25. The predicted octanol–water partition coefficient (Wildman–Crippen LogP) is 3.96. The van der Waals surface area contributed by atoms with E-state index in [0.717, 1.165) is 12.5 Å². The van der Waals surface area contributed by atoms with Gasteiger partial charge in [-0.05, 0) is 48.2 Å². The molecule has 1 saturated heterocycles. The van der Waals surface area contributed by atoms with Crippen molar-refractivity contribution < 1.29 is 0 Å². The second-order valence-corrected chi connectivity index (χ2v) is 6.33. The van der Waals surface area contributed by atoms with Gasteiger partial charge in [0.15, 0.2) is 0 Å². The Hall–Kier alpha value is -1.38. The molecule has 2 N–H and O–H groups in total. The fraction of sp³-hybridized carbons (Fsp3) is 0.474. The maximum Gasteiger partial charge on any atom is 0.0430 e. The van der Waals surface area contributed by atoms with E-state index in [1.54, 1.807) is 0 Å². The molecule has 2 aromatic carbocycles. The third kappa shape index (κ3) is 3.28. The normalized spacial score (nSPS) is 19.0. The number of nitrogens with zero attached hydrogens (tertiary/aromatic N) is 1. The molecule has 1 unspecified atom stereocenters. The summed E-state index contributed by atoms with van der Waals surface area (Å²) in [4.78, 5) is 2.54. The number of nitrogens with two attached hydrogens (primary N) is 1. The van der Waals surface area contributed by atoms with Crippen molar-refractivity contribution in [2.75, 3.05) is 19.6 Å². The van der Waals surface area contributed by atoms with E-state index < -0.39 is 0 Å². The van der Waals surface area contributed by atoms with Gasteiger partial charge < -0.3 is 10.6 Å². The molecule has 2 heteroatoms. The van der Waals surface area contributed by atoms with Crippen LogP contribution in [-0.4, -0.2) is 24.5 Å². The summed E-state index contributed by atoms with van der Waals surface area (Å²) in [7, 11) is 0. The zero-order chi connectivity index (χ0) is 14.7. The minimum atomic E-state index is 0.106. The quantitative estimate of drug-likeness (QED) is 0.919. The van der Waals surface area contributed by atoms with Crippen molar-refractivity contribution >= 4 is 10.8 Å². The van der Waals surface area contributed by atoms with Crippen molar-refractivity contribution in [1.82, 2.24) is 4.90 Å². The zero-order valence-corrected chi connectivity index (χ0v) is 13.0. The second-order valence-electron chi connectivity index (χ2n) is 6.33. The summed E-state index contributed by atoms with van der Waals surface area (Å²) in [6, 6.07) is 15.1. The van der Waals surface area contributed by atoms with Crippen LogP contribution in [0, 0.1) is 5.92 Å². The number of hydrogen-bond donors (Lipinski definition) is 1.